The van der Waals surface area contributed by atoms with Crippen LogP contribution in [-0.4, -0.2) is 18.6 Å². The van der Waals surface area contributed by atoms with Crippen LogP contribution in [0.5, 0.6) is 5.75 Å². The summed E-state index contributed by atoms with van der Waals surface area (Å²) in [6, 6.07) is 10.7. The highest BCUT2D eigenvalue weighted by Crippen LogP contribution is 2.22. The summed E-state index contributed by atoms with van der Waals surface area (Å²) in [4.78, 5) is 4.26. The molecule has 1 aromatic carbocycles. The number of ether oxygens (including phenoxy) is 1. The van der Waals surface area contributed by atoms with Crippen LogP contribution in [0.4, 0.5) is 0 Å². The fraction of sp³-hybridized carbons (Fsp3) is 0.353. The number of aromatic nitrogens is 1. The molecule has 0 aliphatic heterocycles. The Morgan fingerprint density at radius 3 is 2.62 bits per heavy atom. The van der Waals surface area contributed by atoms with Crippen molar-refractivity contribution in [3.05, 3.63) is 58.3 Å². The molecule has 0 amide bonds. The fourth-order valence-corrected chi connectivity index (χ4v) is 2.74. The zero-order chi connectivity index (χ0) is 15.1. The average Bonchev–Trinajstić information content (AvgIpc) is 2.52. The van der Waals surface area contributed by atoms with E-state index in [2.05, 4.69) is 51.4 Å². The third kappa shape index (κ3) is 4.83. The molecule has 1 atom stereocenters. The lowest BCUT2D eigenvalue weighted by Gasteiger charge is -2.18. The highest BCUT2D eigenvalue weighted by Gasteiger charge is 2.11. The quantitative estimate of drug-likeness (QED) is 0.816. The van der Waals surface area contributed by atoms with Crippen LogP contribution in [0.1, 0.15) is 30.5 Å². The minimum absolute atomic E-state index is 0.321. The molecule has 0 aliphatic rings. The molecule has 0 saturated heterocycles. The normalized spacial score (nSPS) is 12.1. The van der Waals surface area contributed by atoms with Gasteiger partial charge in [0.2, 0.25) is 0 Å². The van der Waals surface area contributed by atoms with E-state index in [1.54, 1.807) is 7.11 Å². The van der Waals surface area contributed by atoms with Crippen LogP contribution in [-0.2, 0) is 6.42 Å². The second-order valence-electron chi connectivity index (χ2n) is 4.93. The van der Waals surface area contributed by atoms with Gasteiger partial charge in [0.1, 0.15) is 5.75 Å². The monoisotopic (exact) mass is 348 g/mol. The minimum atomic E-state index is 0.321. The van der Waals surface area contributed by atoms with E-state index < -0.39 is 0 Å². The van der Waals surface area contributed by atoms with Crippen molar-refractivity contribution < 1.29 is 4.74 Å². The number of nitrogens with one attached hydrogen (secondary N) is 1. The predicted octanol–water partition coefficient (Wildman–Crippen LogP) is 4.14. The van der Waals surface area contributed by atoms with E-state index in [0.29, 0.717) is 6.04 Å². The van der Waals surface area contributed by atoms with Crippen LogP contribution in [0.2, 0.25) is 0 Å². The molecule has 21 heavy (non-hydrogen) atoms. The molecule has 0 saturated carbocycles. The van der Waals surface area contributed by atoms with Crippen molar-refractivity contribution in [3.8, 4) is 5.75 Å². The first-order valence-corrected chi connectivity index (χ1v) is 7.99. The number of methoxy groups -OCH3 is 1. The second-order valence-corrected chi connectivity index (χ2v) is 5.85. The van der Waals surface area contributed by atoms with Gasteiger partial charge >= 0.3 is 0 Å². The third-order valence-corrected chi connectivity index (χ3v) is 3.89. The third-order valence-electron chi connectivity index (χ3n) is 3.46. The molecule has 3 nitrogen and oxygen atoms in total. The summed E-state index contributed by atoms with van der Waals surface area (Å²) in [5.74, 6) is 0.901. The highest BCUT2D eigenvalue weighted by molar-refractivity contribution is 9.10. The van der Waals surface area contributed by atoms with E-state index in [0.717, 1.165) is 29.6 Å². The molecule has 1 unspecified atom stereocenters. The lowest BCUT2D eigenvalue weighted by atomic mass is 10.00. The van der Waals surface area contributed by atoms with Crippen LogP contribution >= 0.6 is 15.9 Å². The van der Waals surface area contributed by atoms with Gasteiger partial charge in [-0.05, 0) is 64.6 Å². The smallest absolute Gasteiger partial charge is 0.118 e. The molecule has 0 radical (unpaired) electrons. The minimum Gasteiger partial charge on any atom is -0.497 e. The number of rotatable bonds is 7. The van der Waals surface area contributed by atoms with Gasteiger partial charge in [-0.3, -0.25) is 4.98 Å². The first-order valence-electron chi connectivity index (χ1n) is 7.19. The maximum atomic E-state index is 5.19. The molecule has 1 N–H and O–H groups in total. The number of nitrogens with zero attached hydrogens (tertiary/aromatic N) is 1. The van der Waals surface area contributed by atoms with Crippen LogP contribution in [0, 0.1) is 0 Å². The van der Waals surface area contributed by atoms with Crippen LogP contribution in [0.15, 0.2) is 47.2 Å². The molecule has 4 heteroatoms. The Balaban J connectivity index is 2.02. The lowest BCUT2D eigenvalue weighted by Crippen LogP contribution is -2.21. The highest BCUT2D eigenvalue weighted by atomic mass is 79.9. The molecule has 112 valence electrons. The van der Waals surface area contributed by atoms with Crippen molar-refractivity contribution in [2.45, 2.75) is 25.8 Å². The predicted molar refractivity (Wildman–Crippen MR) is 89.7 cm³/mol. The first-order chi connectivity index (χ1) is 10.2. The SMILES string of the molecule is CCNC(CCc1ccc(OC)cc1)c1cncc(Br)c1. The van der Waals surface area contributed by atoms with Gasteiger partial charge in [-0.15, -0.1) is 0 Å². The van der Waals surface area contributed by atoms with Crippen molar-refractivity contribution in [1.29, 1.82) is 0 Å². The van der Waals surface area contributed by atoms with Gasteiger partial charge in [0.15, 0.2) is 0 Å². The van der Waals surface area contributed by atoms with Gasteiger partial charge in [-0.25, -0.2) is 0 Å². The van der Waals surface area contributed by atoms with Gasteiger partial charge in [0.05, 0.1) is 7.11 Å². The zero-order valence-corrected chi connectivity index (χ0v) is 14.1. The van der Waals surface area contributed by atoms with Gasteiger partial charge in [0, 0.05) is 22.9 Å². The van der Waals surface area contributed by atoms with Gasteiger partial charge in [-0.1, -0.05) is 19.1 Å². The summed E-state index contributed by atoms with van der Waals surface area (Å²) in [7, 11) is 1.69. The Hall–Kier alpha value is -1.39. The zero-order valence-electron chi connectivity index (χ0n) is 12.5. The topological polar surface area (TPSA) is 34.1 Å². The van der Waals surface area contributed by atoms with Crippen molar-refractivity contribution >= 4 is 15.9 Å². The Morgan fingerprint density at radius 1 is 1.24 bits per heavy atom. The first kappa shape index (κ1) is 16.0. The lowest BCUT2D eigenvalue weighted by molar-refractivity contribution is 0.414. The van der Waals surface area contributed by atoms with Crippen molar-refractivity contribution in [2.24, 2.45) is 0 Å². The molecular weight excluding hydrogens is 328 g/mol. The summed E-state index contributed by atoms with van der Waals surface area (Å²) in [6.07, 6.45) is 5.81. The summed E-state index contributed by atoms with van der Waals surface area (Å²) >= 11 is 3.49. The summed E-state index contributed by atoms with van der Waals surface area (Å²) in [5.41, 5.74) is 2.54. The summed E-state index contributed by atoms with van der Waals surface area (Å²) in [6.45, 7) is 3.07. The van der Waals surface area contributed by atoms with E-state index >= 15 is 0 Å². The van der Waals surface area contributed by atoms with Crippen LogP contribution in [0.25, 0.3) is 0 Å². The molecule has 0 spiro atoms. The summed E-state index contributed by atoms with van der Waals surface area (Å²) < 4.78 is 6.21. The number of halogens is 1. The van der Waals surface area contributed by atoms with Crippen molar-refractivity contribution in [2.75, 3.05) is 13.7 Å². The van der Waals surface area contributed by atoms with Gasteiger partial charge < -0.3 is 10.1 Å². The molecular formula is C17H21BrN2O. The van der Waals surface area contributed by atoms with Crippen molar-refractivity contribution in [1.82, 2.24) is 10.3 Å². The largest absolute Gasteiger partial charge is 0.497 e. The molecule has 1 heterocycles. The van der Waals surface area contributed by atoms with E-state index in [1.807, 2.05) is 24.5 Å². The Morgan fingerprint density at radius 2 is 2.00 bits per heavy atom. The van der Waals surface area contributed by atoms with Crippen molar-refractivity contribution in [3.63, 3.8) is 0 Å². The second kappa shape index (κ2) is 8.15. The number of aryl methyl sites for hydroxylation is 1. The number of hydrogen-bond donors (Lipinski definition) is 1. The number of hydrogen-bond acceptors (Lipinski definition) is 3. The van der Waals surface area contributed by atoms with E-state index in [4.69, 9.17) is 4.74 Å². The fourth-order valence-electron chi connectivity index (χ4n) is 2.36. The average molecular weight is 349 g/mol. The molecule has 0 fully saturated rings. The Kier molecular flexibility index (Phi) is 6.21. The Labute approximate surface area is 134 Å². The van der Waals surface area contributed by atoms with E-state index in [-0.39, 0.29) is 0 Å². The van der Waals surface area contributed by atoms with Crippen LogP contribution in [0.3, 0.4) is 0 Å². The molecule has 2 aromatic rings. The molecule has 1 aromatic heterocycles. The maximum absolute atomic E-state index is 5.19. The van der Waals surface area contributed by atoms with Gasteiger partial charge in [0.25, 0.3) is 0 Å². The van der Waals surface area contributed by atoms with E-state index in [9.17, 15) is 0 Å². The molecule has 0 bridgehead atoms. The van der Waals surface area contributed by atoms with Crippen LogP contribution < -0.4 is 10.1 Å². The summed E-state index contributed by atoms with van der Waals surface area (Å²) in [5, 5.41) is 3.53. The maximum Gasteiger partial charge on any atom is 0.118 e. The number of benzene rings is 1. The van der Waals surface area contributed by atoms with Gasteiger partial charge in [-0.2, -0.15) is 0 Å². The molecule has 2 rings (SSSR count). The standard InChI is InChI=1S/C17H21BrN2O/c1-3-20-17(14-10-15(18)12-19-11-14)9-6-13-4-7-16(21-2)8-5-13/h4-5,7-8,10-12,17,20H,3,6,9H2,1-2H3. The van der Waals surface area contributed by atoms with E-state index in [1.165, 1.54) is 11.1 Å². The molecule has 0 aliphatic carbocycles. The number of pyridine rings is 1. The Bertz CT molecular complexity index is 557.